The van der Waals surface area contributed by atoms with Crippen molar-refractivity contribution in [1.82, 2.24) is 0 Å². The lowest BCUT2D eigenvalue weighted by molar-refractivity contribution is -0.385. The van der Waals surface area contributed by atoms with Crippen LogP contribution < -0.4 is 4.74 Å². The zero-order valence-corrected chi connectivity index (χ0v) is 8.39. The zero-order chi connectivity index (χ0) is 11.6. The summed E-state index contributed by atoms with van der Waals surface area (Å²) in [5, 5.41) is 10.4. The molecule has 0 bridgehead atoms. The van der Waals surface area contributed by atoms with Gasteiger partial charge < -0.3 is 4.74 Å². The fourth-order valence-corrected chi connectivity index (χ4v) is 1.62. The second kappa shape index (κ2) is 3.83. The van der Waals surface area contributed by atoms with Gasteiger partial charge in [-0.1, -0.05) is 0 Å². The highest BCUT2D eigenvalue weighted by molar-refractivity contribution is 7.86. The van der Waals surface area contributed by atoms with Crippen LogP contribution in [0.25, 0.3) is 0 Å². The van der Waals surface area contributed by atoms with Crippen molar-refractivity contribution < 1.29 is 22.6 Å². The van der Waals surface area contributed by atoms with Gasteiger partial charge in [-0.25, -0.2) is 0 Å². The molecule has 0 spiro atoms. The van der Waals surface area contributed by atoms with Crippen molar-refractivity contribution in [2.24, 2.45) is 0 Å². The predicted molar refractivity (Wildman–Crippen MR) is 49.5 cm³/mol. The predicted octanol–water partition coefficient (Wildman–Crippen LogP) is 0.850. The molecule has 0 aliphatic rings. The largest absolute Gasteiger partial charge is 0.495 e. The van der Waals surface area contributed by atoms with E-state index in [2.05, 4.69) is 4.74 Å². The fraction of sp³-hybridized carbons (Fsp3) is 0.143. The molecule has 0 saturated carbocycles. The van der Waals surface area contributed by atoms with Crippen LogP contribution in [0.4, 0.5) is 5.69 Å². The van der Waals surface area contributed by atoms with Crippen molar-refractivity contribution in [3.8, 4) is 5.75 Å². The van der Waals surface area contributed by atoms with Gasteiger partial charge in [0.1, 0.15) is 10.6 Å². The van der Waals surface area contributed by atoms with Crippen LogP contribution in [0.5, 0.6) is 5.75 Å². The lowest BCUT2D eigenvalue weighted by atomic mass is 10.3. The van der Waals surface area contributed by atoms with E-state index in [0.29, 0.717) is 0 Å². The maximum Gasteiger partial charge on any atom is 0.298 e. The highest BCUT2D eigenvalue weighted by Gasteiger charge is 2.19. The van der Waals surface area contributed by atoms with Gasteiger partial charge in [-0.2, -0.15) is 8.42 Å². The molecule has 0 amide bonds. The molecule has 1 rings (SSSR count). The van der Waals surface area contributed by atoms with Crippen LogP contribution >= 0.6 is 0 Å². The summed E-state index contributed by atoms with van der Waals surface area (Å²) in [5.74, 6) is -0.272. The molecule has 1 N–H and O–H groups in total. The molecule has 8 heteroatoms. The third-order valence-corrected chi connectivity index (χ3v) is 2.53. The molecule has 0 atom stereocenters. The first kappa shape index (κ1) is 11.4. The molecular weight excluding hydrogens is 226 g/mol. The Morgan fingerprint density at radius 1 is 1.47 bits per heavy atom. The van der Waals surface area contributed by atoms with Crippen LogP contribution in [0.2, 0.25) is 0 Å². The Morgan fingerprint density at radius 3 is 2.47 bits per heavy atom. The van der Waals surface area contributed by atoms with Crippen LogP contribution in [0.15, 0.2) is 23.1 Å². The van der Waals surface area contributed by atoms with Crippen LogP contribution in [-0.4, -0.2) is 25.0 Å². The second-order valence-corrected chi connectivity index (χ2v) is 3.96. The Kier molecular flexibility index (Phi) is 2.91. The van der Waals surface area contributed by atoms with Crippen molar-refractivity contribution in [2.45, 2.75) is 4.90 Å². The van der Waals surface area contributed by atoms with Crippen molar-refractivity contribution in [3.05, 3.63) is 28.3 Å². The monoisotopic (exact) mass is 233 g/mol. The number of nitro groups is 1. The molecule has 82 valence electrons. The second-order valence-electron chi connectivity index (χ2n) is 2.57. The summed E-state index contributed by atoms with van der Waals surface area (Å²) in [4.78, 5) is 9.17. The van der Waals surface area contributed by atoms with Gasteiger partial charge in [0.2, 0.25) is 0 Å². The molecule has 0 aliphatic heterocycles. The van der Waals surface area contributed by atoms with Gasteiger partial charge in [0, 0.05) is 6.07 Å². The van der Waals surface area contributed by atoms with Crippen LogP contribution in [-0.2, 0) is 10.1 Å². The number of nitro benzene ring substituents is 1. The number of hydrogen-bond acceptors (Lipinski definition) is 5. The molecule has 0 radical (unpaired) electrons. The lowest BCUT2D eigenvalue weighted by Gasteiger charge is -2.04. The molecule has 15 heavy (non-hydrogen) atoms. The van der Waals surface area contributed by atoms with Gasteiger partial charge in [0.25, 0.3) is 15.8 Å². The van der Waals surface area contributed by atoms with E-state index in [-0.39, 0.29) is 11.4 Å². The maximum atomic E-state index is 10.8. The smallest absolute Gasteiger partial charge is 0.298 e. The Hall–Kier alpha value is -1.67. The van der Waals surface area contributed by atoms with Crippen molar-refractivity contribution >= 4 is 15.8 Å². The molecule has 1 aromatic carbocycles. The lowest BCUT2D eigenvalue weighted by Crippen LogP contribution is -2.02. The van der Waals surface area contributed by atoms with Crippen LogP contribution in [0, 0.1) is 10.1 Å². The number of methoxy groups -OCH3 is 1. The van der Waals surface area contributed by atoms with E-state index in [9.17, 15) is 18.5 Å². The SMILES string of the molecule is COc1cc([N+](=O)[O-])ccc1S(=O)(=O)O. The summed E-state index contributed by atoms with van der Waals surface area (Å²) in [6, 6.07) is 2.79. The molecule has 0 unspecified atom stereocenters. The van der Waals surface area contributed by atoms with E-state index in [1.165, 1.54) is 0 Å². The molecule has 0 aromatic heterocycles. The number of hydrogen-bond donors (Lipinski definition) is 1. The molecule has 7 nitrogen and oxygen atoms in total. The molecule has 1 aromatic rings. The number of rotatable bonds is 3. The highest BCUT2D eigenvalue weighted by atomic mass is 32.2. The number of non-ortho nitro benzene ring substituents is 1. The number of benzene rings is 1. The van der Waals surface area contributed by atoms with E-state index >= 15 is 0 Å². The summed E-state index contributed by atoms with van der Waals surface area (Å²) < 4.78 is 35.0. The topological polar surface area (TPSA) is 107 Å². The average molecular weight is 233 g/mol. The van der Waals surface area contributed by atoms with E-state index in [1.807, 2.05) is 0 Å². The zero-order valence-electron chi connectivity index (χ0n) is 7.58. The minimum Gasteiger partial charge on any atom is -0.495 e. The average Bonchev–Trinajstić information content (AvgIpc) is 2.15. The summed E-state index contributed by atoms with van der Waals surface area (Å²) in [6.45, 7) is 0. The van der Waals surface area contributed by atoms with E-state index in [4.69, 9.17) is 4.55 Å². The van der Waals surface area contributed by atoms with Gasteiger partial charge in [0.15, 0.2) is 0 Å². The standard InChI is InChI=1S/C7H7NO6S/c1-14-6-4-5(8(9)10)2-3-7(6)15(11,12)13/h2-4H,1H3,(H,11,12,13). The molecule has 0 saturated heterocycles. The maximum absolute atomic E-state index is 10.8. The Labute approximate surface area is 85.2 Å². The van der Waals surface area contributed by atoms with Crippen LogP contribution in [0.1, 0.15) is 0 Å². The normalized spacial score (nSPS) is 11.1. The first-order chi connectivity index (χ1) is 6.86. The van der Waals surface area contributed by atoms with Crippen molar-refractivity contribution in [2.75, 3.05) is 7.11 Å². The van der Waals surface area contributed by atoms with Gasteiger partial charge in [-0.05, 0) is 6.07 Å². The fourth-order valence-electron chi connectivity index (χ4n) is 0.983. The van der Waals surface area contributed by atoms with E-state index in [1.54, 1.807) is 0 Å². The van der Waals surface area contributed by atoms with E-state index < -0.39 is 19.9 Å². The summed E-state index contributed by atoms with van der Waals surface area (Å²) in [7, 11) is -3.29. The van der Waals surface area contributed by atoms with Gasteiger partial charge in [0.05, 0.1) is 18.1 Å². The highest BCUT2D eigenvalue weighted by Crippen LogP contribution is 2.27. The summed E-state index contributed by atoms with van der Waals surface area (Å²) in [6.07, 6.45) is 0. The summed E-state index contributed by atoms with van der Waals surface area (Å²) >= 11 is 0. The van der Waals surface area contributed by atoms with Gasteiger partial charge >= 0.3 is 0 Å². The van der Waals surface area contributed by atoms with Gasteiger partial charge in [-0.15, -0.1) is 0 Å². The summed E-state index contributed by atoms with van der Waals surface area (Å²) in [5.41, 5.74) is -0.320. The molecular formula is C7H7NO6S. The number of ether oxygens (including phenoxy) is 1. The third kappa shape index (κ3) is 2.42. The van der Waals surface area contributed by atoms with Crippen molar-refractivity contribution in [1.29, 1.82) is 0 Å². The molecule has 0 aliphatic carbocycles. The Bertz CT molecular complexity index is 494. The Balaban J connectivity index is 3.40. The minimum absolute atomic E-state index is 0.272. The quantitative estimate of drug-likeness (QED) is 0.471. The first-order valence-electron chi connectivity index (χ1n) is 3.66. The Morgan fingerprint density at radius 2 is 2.07 bits per heavy atom. The van der Waals surface area contributed by atoms with Gasteiger partial charge in [-0.3, -0.25) is 14.7 Å². The third-order valence-electron chi connectivity index (χ3n) is 1.64. The van der Waals surface area contributed by atoms with Crippen molar-refractivity contribution in [3.63, 3.8) is 0 Å². The number of nitrogens with zero attached hydrogens (tertiary/aromatic N) is 1. The van der Waals surface area contributed by atoms with E-state index in [0.717, 1.165) is 25.3 Å². The minimum atomic E-state index is -4.44. The molecule has 0 fully saturated rings. The first-order valence-corrected chi connectivity index (χ1v) is 5.10. The molecule has 0 heterocycles. The van der Waals surface area contributed by atoms with Crippen LogP contribution in [0.3, 0.4) is 0 Å².